The highest BCUT2D eigenvalue weighted by Crippen LogP contribution is 2.31. The van der Waals surface area contributed by atoms with Gasteiger partial charge in [-0.1, -0.05) is 0 Å². The Morgan fingerprint density at radius 3 is 2.61 bits per heavy atom. The molecular weight excluding hydrogens is 239 g/mol. The summed E-state index contributed by atoms with van der Waals surface area (Å²) in [5, 5.41) is 11.5. The topological polar surface area (TPSA) is 79.3 Å². The number of hydrogen-bond donors (Lipinski definition) is 2. The second kappa shape index (κ2) is 5.12. The van der Waals surface area contributed by atoms with Crippen molar-refractivity contribution in [3.8, 4) is 0 Å². The summed E-state index contributed by atoms with van der Waals surface area (Å²) in [4.78, 5) is 26.1. The standard InChI is InChI=1S/C12H13FN2O3/c13-10-4-3-9(6-14-10)15-11(16)7-1-2-8(5-7)12(17)18/h3-4,6-8H,1-2,5H2,(H,15,16)(H,17,18). The number of carbonyl (C=O) groups excluding carboxylic acids is 1. The first-order valence-corrected chi connectivity index (χ1v) is 5.71. The number of nitrogens with one attached hydrogen (secondary N) is 1. The van der Waals surface area contributed by atoms with Crippen LogP contribution in [0.15, 0.2) is 18.3 Å². The normalized spacial score (nSPS) is 22.7. The van der Waals surface area contributed by atoms with E-state index in [9.17, 15) is 14.0 Å². The van der Waals surface area contributed by atoms with Crippen molar-refractivity contribution >= 4 is 17.6 Å². The summed E-state index contributed by atoms with van der Waals surface area (Å²) in [6.45, 7) is 0. The minimum atomic E-state index is -0.853. The Kier molecular flexibility index (Phi) is 3.55. The van der Waals surface area contributed by atoms with E-state index in [1.165, 1.54) is 12.3 Å². The summed E-state index contributed by atoms with van der Waals surface area (Å²) in [5.74, 6) is -2.43. The van der Waals surface area contributed by atoms with Crippen LogP contribution in [0.3, 0.4) is 0 Å². The SMILES string of the molecule is O=C(O)C1CCC(C(=O)Nc2ccc(F)nc2)C1. The minimum Gasteiger partial charge on any atom is -0.481 e. The highest BCUT2D eigenvalue weighted by atomic mass is 19.1. The van der Waals surface area contributed by atoms with Gasteiger partial charge in [0, 0.05) is 5.92 Å². The van der Waals surface area contributed by atoms with Gasteiger partial charge in [0.25, 0.3) is 0 Å². The lowest BCUT2D eigenvalue weighted by Crippen LogP contribution is -2.21. The molecule has 2 N–H and O–H groups in total. The molecule has 0 radical (unpaired) electrons. The van der Waals surface area contributed by atoms with Gasteiger partial charge in [-0.3, -0.25) is 9.59 Å². The third-order valence-electron chi connectivity index (χ3n) is 3.15. The molecule has 2 unspecified atom stereocenters. The van der Waals surface area contributed by atoms with Gasteiger partial charge in [0.05, 0.1) is 17.8 Å². The van der Waals surface area contributed by atoms with Gasteiger partial charge in [0.2, 0.25) is 11.9 Å². The third kappa shape index (κ3) is 2.82. The van der Waals surface area contributed by atoms with E-state index in [1.807, 2.05) is 0 Å². The van der Waals surface area contributed by atoms with Crippen molar-refractivity contribution in [2.24, 2.45) is 11.8 Å². The fourth-order valence-corrected chi connectivity index (χ4v) is 2.14. The first-order chi connectivity index (χ1) is 8.56. The molecule has 6 heteroatoms. The number of anilines is 1. The molecule has 1 aliphatic carbocycles. The molecule has 2 atom stereocenters. The van der Waals surface area contributed by atoms with Gasteiger partial charge in [0.15, 0.2) is 0 Å². The second-order valence-corrected chi connectivity index (χ2v) is 4.40. The molecule has 1 amide bonds. The van der Waals surface area contributed by atoms with E-state index in [0.29, 0.717) is 24.9 Å². The van der Waals surface area contributed by atoms with E-state index in [1.54, 1.807) is 0 Å². The van der Waals surface area contributed by atoms with Crippen molar-refractivity contribution in [3.05, 3.63) is 24.3 Å². The largest absolute Gasteiger partial charge is 0.481 e. The van der Waals surface area contributed by atoms with Crippen LogP contribution in [0, 0.1) is 17.8 Å². The number of rotatable bonds is 3. The van der Waals surface area contributed by atoms with Gasteiger partial charge in [-0.25, -0.2) is 4.98 Å². The zero-order valence-corrected chi connectivity index (χ0v) is 9.60. The summed E-state index contributed by atoms with van der Waals surface area (Å²) in [7, 11) is 0. The molecule has 0 bridgehead atoms. The van der Waals surface area contributed by atoms with Crippen molar-refractivity contribution in [1.29, 1.82) is 0 Å². The average Bonchev–Trinajstić information content (AvgIpc) is 2.81. The summed E-state index contributed by atoms with van der Waals surface area (Å²) in [5.41, 5.74) is 0.417. The van der Waals surface area contributed by atoms with Crippen LogP contribution in [0.2, 0.25) is 0 Å². The van der Waals surface area contributed by atoms with Crippen LogP contribution in [0.25, 0.3) is 0 Å². The number of halogens is 1. The second-order valence-electron chi connectivity index (χ2n) is 4.40. The molecule has 0 spiro atoms. The van der Waals surface area contributed by atoms with Crippen molar-refractivity contribution < 1.29 is 19.1 Å². The Hall–Kier alpha value is -1.98. The van der Waals surface area contributed by atoms with Crippen LogP contribution in [0.5, 0.6) is 0 Å². The number of hydrogen-bond acceptors (Lipinski definition) is 3. The fraction of sp³-hybridized carbons (Fsp3) is 0.417. The Morgan fingerprint density at radius 2 is 2.06 bits per heavy atom. The first-order valence-electron chi connectivity index (χ1n) is 5.71. The molecule has 2 rings (SSSR count). The maximum atomic E-state index is 12.6. The predicted molar refractivity (Wildman–Crippen MR) is 61.3 cm³/mol. The highest BCUT2D eigenvalue weighted by molar-refractivity contribution is 5.93. The monoisotopic (exact) mass is 252 g/mol. The average molecular weight is 252 g/mol. The first kappa shape index (κ1) is 12.5. The van der Waals surface area contributed by atoms with Crippen molar-refractivity contribution in [1.82, 2.24) is 4.98 Å². The van der Waals surface area contributed by atoms with Crippen LogP contribution in [-0.4, -0.2) is 22.0 Å². The number of carboxylic acids is 1. The van der Waals surface area contributed by atoms with Gasteiger partial charge >= 0.3 is 5.97 Å². The molecule has 1 fully saturated rings. The lowest BCUT2D eigenvalue weighted by Gasteiger charge is -2.10. The van der Waals surface area contributed by atoms with Crippen LogP contribution in [0.4, 0.5) is 10.1 Å². The number of aliphatic carboxylic acids is 1. The van der Waals surface area contributed by atoms with E-state index in [0.717, 1.165) is 6.07 Å². The summed E-state index contributed by atoms with van der Waals surface area (Å²) in [6.07, 6.45) is 2.68. The molecule has 18 heavy (non-hydrogen) atoms. The molecule has 5 nitrogen and oxygen atoms in total. The van der Waals surface area contributed by atoms with E-state index in [4.69, 9.17) is 5.11 Å². The van der Waals surface area contributed by atoms with E-state index >= 15 is 0 Å². The Morgan fingerprint density at radius 1 is 1.33 bits per heavy atom. The van der Waals surface area contributed by atoms with E-state index < -0.39 is 17.8 Å². The number of carboxylic acid groups (broad SMARTS) is 1. The molecule has 1 aliphatic rings. The molecule has 1 aromatic heterocycles. The Labute approximate surface area is 103 Å². The zero-order chi connectivity index (χ0) is 13.1. The van der Waals surface area contributed by atoms with Crippen molar-refractivity contribution in [3.63, 3.8) is 0 Å². The Balaban J connectivity index is 1.93. The maximum Gasteiger partial charge on any atom is 0.306 e. The summed E-state index contributed by atoms with van der Waals surface area (Å²) in [6, 6.07) is 2.58. The number of nitrogens with zero attached hydrogens (tertiary/aromatic N) is 1. The van der Waals surface area contributed by atoms with Gasteiger partial charge in [-0.2, -0.15) is 4.39 Å². The Bertz CT molecular complexity index is 461. The molecule has 1 heterocycles. The third-order valence-corrected chi connectivity index (χ3v) is 3.15. The van der Waals surface area contributed by atoms with Crippen molar-refractivity contribution in [2.45, 2.75) is 19.3 Å². The fourth-order valence-electron chi connectivity index (χ4n) is 2.14. The molecule has 0 saturated heterocycles. The molecule has 1 saturated carbocycles. The zero-order valence-electron chi connectivity index (χ0n) is 9.60. The van der Waals surface area contributed by atoms with E-state index in [2.05, 4.69) is 10.3 Å². The number of pyridine rings is 1. The molecule has 0 aliphatic heterocycles. The molecule has 96 valence electrons. The molecule has 1 aromatic rings. The maximum absolute atomic E-state index is 12.6. The van der Waals surface area contributed by atoms with Gasteiger partial charge in [-0.15, -0.1) is 0 Å². The van der Waals surface area contributed by atoms with Gasteiger partial charge in [-0.05, 0) is 31.4 Å². The smallest absolute Gasteiger partial charge is 0.306 e. The summed E-state index contributed by atoms with van der Waals surface area (Å²) < 4.78 is 12.6. The van der Waals surface area contributed by atoms with Crippen LogP contribution >= 0.6 is 0 Å². The molecule has 0 aromatic carbocycles. The lowest BCUT2D eigenvalue weighted by molar-refractivity contribution is -0.141. The number of amides is 1. The summed E-state index contributed by atoms with van der Waals surface area (Å²) >= 11 is 0. The minimum absolute atomic E-state index is 0.229. The lowest BCUT2D eigenvalue weighted by atomic mass is 10.0. The van der Waals surface area contributed by atoms with Crippen LogP contribution in [0.1, 0.15) is 19.3 Å². The molecular formula is C12H13FN2O3. The highest BCUT2D eigenvalue weighted by Gasteiger charge is 2.33. The van der Waals surface area contributed by atoms with E-state index in [-0.39, 0.29) is 11.8 Å². The predicted octanol–water partition coefficient (Wildman–Crippen LogP) is 1.66. The number of carbonyl (C=O) groups is 2. The van der Waals surface area contributed by atoms with Crippen LogP contribution in [-0.2, 0) is 9.59 Å². The quantitative estimate of drug-likeness (QED) is 0.802. The number of aromatic nitrogens is 1. The van der Waals surface area contributed by atoms with Gasteiger partial charge < -0.3 is 10.4 Å². The van der Waals surface area contributed by atoms with Crippen molar-refractivity contribution in [2.75, 3.05) is 5.32 Å². The van der Waals surface area contributed by atoms with Gasteiger partial charge in [0.1, 0.15) is 0 Å². The van der Waals surface area contributed by atoms with Crippen LogP contribution < -0.4 is 5.32 Å².